The Kier molecular flexibility index (Phi) is 2.29. The van der Waals surface area contributed by atoms with E-state index in [9.17, 15) is 14.7 Å². The summed E-state index contributed by atoms with van der Waals surface area (Å²) in [5.74, 6) is -0.722. The molecule has 1 aliphatic heterocycles. The molecule has 0 aromatic heterocycles. The monoisotopic (exact) mass is 209 g/mol. The second-order valence-electron chi connectivity index (χ2n) is 4.15. The fraction of sp³-hybridized carbons (Fsp3) is 0.636. The van der Waals surface area contributed by atoms with Crippen molar-refractivity contribution in [3.8, 4) is 0 Å². The van der Waals surface area contributed by atoms with Gasteiger partial charge < -0.3 is 10.0 Å². The number of piperidine rings is 1. The molecule has 2 aliphatic rings. The number of amides is 1. The Labute approximate surface area is 88.6 Å². The van der Waals surface area contributed by atoms with Crippen molar-refractivity contribution >= 4 is 11.9 Å². The summed E-state index contributed by atoms with van der Waals surface area (Å²) >= 11 is 0. The maximum Gasteiger partial charge on any atom is 0.315 e. The molecule has 0 spiro atoms. The van der Waals surface area contributed by atoms with Gasteiger partial charge >= 0.3 is 5.97 Å². The number of likely N-dealkylation sites (tertiary alicyclic amines) is 1. The highest BCUT2D eigenvalue weighted by molar-refractivity contribution is 5.87. The Morgan fingerprint density at radius 1 is 1.60 bits per heavy atom. The molecular weight excluding hydrogens is 194 g/mol. The standard InChI is InChI=1S/C11H15NO3/c1-2-12-8-4-3-6-11(8,10(14)15)7-5-9(12)13/h4H,2-3,5-7H2,1H3,(H,14,15)/t11-/m1/s1. The van der Waals surface area contributed by atoms with Crippen molar-refractivity contribution in [2.24, 2.45) is 5.41 Å². The van der Waals surface area contributed by atoms with Crippen molar-refractivity contribution in [1.82, 2.24) is 4.90 Å². The van der Waals surface area contributed by atoms with E-state index < -0.39 is 11.4 Å². The van der Waals surface area contributed by atoms with Gasteiger partial charge in [0.2, 0.25) is 5.91 Å². The van der Waals surface area contributed by atoms with E-state index in [0.29, 0.717) is 25.8 Å². The van der Waals surface area contributed by atoms with Crippen LogP contribution in [-0.2, 0) is 9.59 Å². The highest BCUT2D eigenvalue weighted by Gasteiger charge is 2.50. The number of carboxylic acid groups (broad SMARTS) is 1. The molecule has 1 saturated heterocycles. The second kappa shape index (κ2) is 3.36. The molecule has 1 heterocycles. The van der Waals surface area contributed by atoms with Crippen molar-refractivity contribution in [2.75, 3.05) is 6.54 Å². The summed E-state index contributed by atoms with van der Waals surface area (Å²) in [5, 5.41) is 9.32. The topological polar surface area (TPSA) is 57.6 Å². The van der Waals surface area contributed by atoms with Gasteiger partial charge in [0.25, 0.3) is 0 Å². The fourth-order valence-electron chi connectivity index (χ4n) is 2.66. The molecule has 0 saturated carbocycles. The van der Waals surface area contributed by atoms with Crippen molar-refractivity contribution < 1.29 is 14.7 Å². The third kappa shape index (κ3) is 1.28. The van der Waals surface area contributed by atoms with Gasteiger partial charge in [0.1, 0.15) is 5.41 Å². The molecule has 82 valence electrons. The minimum Gasteiger partial charge on any atom is -0.481 e. The molecule has 0 radical (unpaired) electrons. The van der Waals surface area contributed by atoms with Crippen LogP contribution < -0.4 is 0 Å². The van der Waals surface area contributed by atoms with Gasteiger partial charge in [0.05, 0.1) is 0 Å². The zero-order chi connectivity index (χ0) is 11.1. The Bertz CT molecular complexity index is 348. The molecule has 4 nitrogen and oxygen atoms in total. The van der Waals surface area contributed by atoms with E-state index in [-0.39, 0.29) is 5.91 Å². The van der Waals surface area contributed by atoms with Gasteiger partial charge in [-0.05, 0) is 26.2 Å². The normalized spacial score (nSPS) is 30.1. The van der Waals surface area contributed by atoms with Gasteiger partial charge in [0.15, 0.2) is 0 Å². The van der Waals surface area contributed by atoms with Crippen LogP contribution in [0.15, 0.2) is 11.8 Å². The number of carbonyl (C=O) groups is 2. The SMILES string of the molecule is CCN1C(=O)CC[C@]2(C(=O)O)CCC=C12. The van der Waals surface area contributed by atoms with E-state index in [1.807, 2.05) is 13.0 Å². The summed E-state index contributed by atoms with van der Waals surface area (Å²) in [6.45, 7) is 2.45. The van der Waals surface area contributed by atoms with Crippen LogP contribution in [0.5, 0.6) is 0 Å². The zero-order valence-electron chi connectivity index (χ0n) is 8.82. The molecule has 1 aliphatic carbocycles. The summed E-state index contributed by atoms with van der Waals surface area (Å²) in [7, 11) is 0. The van der Waals surface area contributed by atoms with E-state index in [0.717, 1.165) is 12.1 Å². The first-order valence-corrected chi connectivity index (χ1v) is 5.36. The average molecular weight is 209 g/mol. The van der Waals surface area contributed by atoms with Crippen LogP contribution in [0.2, 0.25) is 0 Å². The molecule has 15 heavy (non-hydrogen) atoms. The van der Waals surface area contributed by atoms with Crippen LogP contribution in [0.1, 0.15) is 32.6 Å². The number of allylic oxidation sites excluding steroid dienone is 1. The minimum absolute atomic E-state index is 0.0579. The molecule has 1 fully saturated rings. The van der Waals surface area contributed by atoms with E-state index in [1.165, 1.54) is 0 Å². The van der Waals surface area contributed by atoms with Crippen LogP contribution in [-0.4, -0.2) is 28.4 Å². The van der Waals surface area contributed by atoms with Crippen LogP contribution >= 0.6 is 0 Å². The number of fused-ring (bicyclic) bond motifs is 1. The molecule has 4 heteroatoms. The number of carboxylic acids is 1. The maximum absolute atomic E-state index is 11.6. The van der Waals surface area contributed by atoms with Crippen LogP contribution in [0, 0.1) is 5.41 Å². The van der Waals surface area contributed by atoms with Crippen LogP contribution in [0.25, 0.3) is 0 Å². The first-order valence-electron chi connectivity index (χ1n) is 5.36. The smallest absolute Gasteiger partial charge is 0.315 e. The summed E-state index contributed by atoms with van der Waals surface area (Å²) in [6.07, 6.45) is 4.14. The number of hydrogen-bond donors (Lipinski definition) is 1. The van der Waals surface area contributed by atoms with Crippen molar-refractivity contribution in [2.45, 2.75) is 32.6 Å². The van der Waals surface area contributed by atoms with Gasteiger partial charge in [-0.25, -0.2) is 0 Å². The van der Waals surface area contributed by atoms with Crippen LogP contribution in [0.4, 0.5) is 0 Å². The quantitative estimate of drug-likeness (QED) is 0.747. The lowest BCUT2D eigenvalue weighted by molar-refractivity contribution is -0.151. The van der Waals surface area contributed by atoms with Gasteiger partial charge in [-0.1, -0.05) is 6.08 Å². The molecule has 1 amide bonds. The average Bonchev–Trinajstić information content (AvgIpc) is 2.62. The molecule has 1 N–H and O–H groups in total. The second-order valence-corrected chi connectivity index (χ2v) is 4.15. The first kappa shape index (κ1) is 10.2. The Morgan fingerprint density at radius 3 is 2.93 bits per heavy atom. The molecule has 2 rings (SSSR count). The lowest BCUT2D eigenvalue weighted by Crippen LogP contribution is -2.46. The molecular formula is C11H15NO3. The third-order valence-corrected chi connectivity index (χ3v) is 3.48. The summed E-state index contributed by atoms with van der Waals surface area (Å²) in [6, 6.07) is 0. The molecule has 0 aromatic rings. The number of nitrogens with zero attached hydrogens (tertiary/aromatic N) is 1. The van der Waals surface area contributed by atoms with Crippen molar-refractivity contribution in [3.05, 3.63) is 11.8 Å². The predicted octanol–water partition coefficient (Wildman–Crippen LogP) is 1.38. The number of carbonyl (C=O) groups excluding carboxylic acids is 1. The molecule has 1 atom stereocenters. The maximum atomic E-state index is 11.6. The summed E-state index contributed by atoms with van der Waals surface area (Å²) in [4.78, 5) is 24.6. The number of hydrogen-bond acceptors (Lipinski definition) is 2. The largest absolute Gasteiger partial charge is 0.481 e. The van der Waals surface area contributed by atoms with Gasteiger partial charge in [0, 0.05) is 18.7 Å². The van der Waals surface area contributed by atoms with Crippen molar-refractivity contribution in [3.63, 3.8) is 0 Å². The number of rotatable bonds is 2. The fourth-order valence-corrected chi connectivity index (χ4v) is 2.66. The number of aliphatic carboxylic acids is 1. The van der Waals surface area contributed by atoms with E-state index in [1.54, 1.807) is 4.90 Å². The summed E-state index contributed by atoms with van der Waals surface area (Å²) in [5.41, 5.74) is -0.0436. The van der Waals surface area contributed by atoms with E-state index in [2.05, 4.69) is 0 Å². The van der Waals surface area contributed by atoms with Crippen LogP contribution in [0.3, 0.4) is 0 Å². The first-order chi connectivity index (χ1) is 7.12. The van der Waals surface area contributed by atoms with Gasteiger partial charge in [-0.2, -0.15) is 0 Å². The Balaban J connectivity index is 2.40. The predicted molar refractivity (Wildman–Crippen MR) is 54.0 cm³/mol. The highest BCUT2D eigenvalue weighted by Crippen LogP contribution is 2.47. The lowest BCUT2D eigenvalue weighted by atomic mass is 9.77. The van der Waals surface area contributed by atoms with Gasteiger partial charge in [-0.15, -0.1) is 0 Å². The minimum atomic E-state index is -0.780. The zero-order valence-corrected chi connectivity index (χ0v) is 8.82. The highest BCUT2D eigenvalue weighted by atomic mass is 16.4. The third-order valence-electron chi connectivity index (χ3n) is 3.48. The molecule has 0 bridgehead atoms. The van der Waals surface area contributed by atoms with Crippen molar-refractivity contribution in [1.29, 1.82) is 0 Å². The lowest BCUT2D eigenvalue weighted by Gasteiger charge is -2.39. The Morgan fingerprint density at radius 2 is 2.33 bits per heavy atom. The molecule has 0 aromatic carbocycles. The molecule has 0 unspecified atom stereocenters. The Hall–Kier alpha value is -1.32. The summed E-state index contributed by atoms with van der Waals surface area (Å²) < 4.78 is 0. The van der Waals surface area contributed by atoms with Gasteiger partial charge in [-0.3, -0.25) is 9.59 Å². The van der Waals surface area contributed by atoms with E-state index in [4.69, 9.17) is 0 Å². The van der Waals surface area contributed by atoms with E-state index >= 15 is 0 Å².